The van der Waals surface area contributed by atoms with Crippen molar-refractivity contribution in [3.05, 3.63) is 23.7 Å². The minimum atomic E-state index is -3.11. The Bertz CT molecular complexity index is 765. The summed E-state index contributed by atoms with van der Waals surface area (Å²) in [7, 11) is -3.11. The molecule has 6 nitrogen and oxygen atoms in total. The molecule has 4 rings (SSSR count). The van der Waals surface area contributed by atoms with E-state index in [1.165, 1.54) is 0 Å². The quantitative estimate of drug-likeness (QED) is 0.817. The number of nitrogens with zero attached hydrogens (tertiary/aromatic N) is 2. The van der Waals surface area contributed by atoms with Crippen LogP contribution < -0.4 is 0 Å². The van der Waals surface area contributed by atoms with E-state index in [4.69, 9.17) is 4.42 Å². The lowest BCUT2D eigenvalue weighted by molar-refractivity contribution is -0.142. The molecule has 132 valence electrons. The predicted octanol–water partition coefficient (Wildman–Crippen LogP) is 1.20. The molecular weight excluding hydrogens is 328 g/mol. The number of hydrogen-bond donors (Lipinski definition) is 0. The van der Waals surface area contributed by atoms with Crippen molar-refractivity contribution in [1.82, 2.24) is 9.80 Å². The Balaban J connectivity index is 1.57. The molecule has 0 aromatic carbocycles. The van der Waals surface area contributed by atoms with Gasteiger partial charge in [-0.3, -0.25) is 9.69 Å². The molecule has 0 radical (unpaired) electrons. The average Bonchev–Trinajstić information content (AvgIpc) is 2.98. The number of aryl methyl sites for hydroxylation is 1. The second-order valence-corrected chi connectivity index (χ2v) is 9.91. The van der Waals surface area contributed by atoms with Crippen LogP contribution in [-0.2, 0) is 21.2 Å². The third kappa shape index (κ3) is 2.77. The van der Waals surface area contributed by atoms with Crippen molar-refractivity contribution in [3.8, 4) is 0 Å². The van der Waals surface area contributed by atoms with Crippen molar-refractivity contribution >= 4 is 15.7 Å². The first kappa shape index (κ1) is 16.1. The molecule has 3 aliphatic rings. The van der Waals surface area contributed by atoms with E-state index in [1.54, 1.807) is 0 Å². The van der Waals surface area contributed by atoms with Gasteiger partial charge in [-0.2, -0.15) is 0 Å². The smallest absolute Gasteiger partial charge is 0.228 e. The fraction of sp³-hybridized carbons (Fsp3) is 0.706. The van der Waals surface area contributed by atoms with Crippen LogP contribution in [-0.4, -0.2) is 60.8 Å². The zero-order valence-electron chi connectivity index (χ0n) is 14.2. The van der Waals surface area contributed by atoms with Crippen LogP contribution in [0.1, 0.15) is 31.3 Å². The highest BCUT2D eigenvalue weighted by molar-refractivity contribution is 7.91. The van der Waals surface area contributed by atoms with E-state index in [2.05, 4.69) is 4.90 Å². The summed E-state index contributed by atoms with van der Waals surface area (Å²) in [5.74, 6) is 2.08. The van der Waals surface area contributed by atoms with Gasteiger partial charge in [0.2, 0.25) is 5.91 Å². The highest BCUT2D eigenvalue weighted by Gasteiger charge is 2.54. The molecule has 3 heterocycles. The van der Waals surface area contributed by atoms with Gasteiger partial charge in [0.15, 0.2) is 9.84 Å². The van der Waals surface area contributed by atoms with Crippen molar-refractivity contribution in [2.24, 2.45) is 5.41 Å². The highest BCUT2D eigenvalue weighted by Crippen LogP contribution is 2.47. The maximum absolute atomic E-state index is 12.8. The molecule has 0 N–H and O–H groups in total. The molecule has 0 spiro atoms. The Morgan fingerprint density at radius 1 is 1.25 bits per heavy atom. The lowest BCUT2D eigenvalue weighted by atomic mass is 10.0. The molecule has 2 saturated heterocycles. The number of carbonyl (C=O) groups excluding carboxylic acids is 1. The third-order valence-electron chi connectivity index (χ3n) is 5.72. The molecule has 1 saturated carbocycles. The van der Waals surface area contributed by atoms with Gasteiger partial charge in [0.05, 0.1) is 24.1 Å². The van der Waals surface area contributed by atoms with Crippen molar-refractivity contribution in [2.45, 2.75) is 45.3 Å². The summed E-state index contributed by atoms with van der Waals surface area (Å²) >= 11 is 0. The minimum absolute atomic E-state index is 0.0904. The number of rotatable bonds is 3. The van der Waals surface area contributed by atoms with Gasteiger partial charge in [-0.1, -0.05) is 6.92 Å². The third-order valence-corrected chi connectivity index (χ3v) is 7.42. The summed E-state index contributed by atoms with van der Waals surface area (Å²) in [6.07, 6.45) is 1.84. The molecule has 0 unspecified atom stereocenters. The molecule has 3 fully saturated rings. The predicted molar refractivity (Wildman–Crippen MR) is 89.1 cm³/mol. The van der Waals surface area contributed by atoms with E-state index < -0.39 is 9.84 Å². The average molecular weight is 352 g/mol. The molecule has 1 aliphatic carbocycles. The van der Waals surface area contributed by atoms with Gasteiger partial charge in [0.1, 0.15) is 11.5 Å². The summed E-state index contributed by atoms with van der Waals surface area (Å²) in [6, 6.07) is 3.52. The van der Waals surface area contributed by atoms with Gasteiger partial charge in [0, 0.05) is 24.5 Å². The van der Waals surface area contributed by atoms with E-state index in [0.29, 0.717) is 19.6 Å². The molecule has 2 atom stereocenters. The fourth-order valence-electron chi connectivity index (χ4n) is 3.99. The summed E-state index contributed by atoms with van der Waals surface area (Å²) in [5.41, 5.74) is -0.253. The van der Waals surface area contributed by atoms with Crippen LogP contribution in [0.25, 0.3) is 0 Å². The van der Waals surface area contributed by atoms with E-state index in [9.17, 15) is 13.2 Å². The summed E-state index contributed by atoms with van der Waals surface area (Å²) in [4.78, 5) is 16.8. The summed E-state index contributed by atoms with van der Waals surface area (Å²) in [5, 5.41) is 0. The van der Waals surface area contributed by atoms with E-state index in [0.717, 1.165) is 24.4 Å². The molecule has 0 bridgehead atoms. The van der Waals surface area contributed by atoms with Crippen molar-refractivity contribution in [2.75, 3.05) is 24.6 Å². The van der Waals surface area contributed by atoms with Crippen molar-refractivity contribution < 1.29 is 17.6 Å². The minimum Gasteiger partial charge on any atom is -0.465 e. The zero-order valence-corrected chi connectivity index (χ0v) is 15.0. The standard InChI is InChI=1S/C17H24N2O4S/c1-12-3-4-13(23-12)9-18-7-8-19(16(20)17(2)5-6-17)15-11-24(21,22)10-14(15)18/h3-4,14-15H,5-11H2,1-2H3/t14-,15+/m0/s1. The van der Waals surface area contributed by atoms with Crippen LogP contribution in [0, 0.1) is 12.3 Å². The Kier molecular flexibility index (Phi) is 3.58. The maximum atomic E-state index is 12.8. The fourth-order valence-corrected chi connectivity index (χ4v) is 6.00. The first-order chi connectivity index (χ1) is 11.3. The van der Waals surface area contributed by atoms with Crippen LogP contribution in [0.5, 0.6) is 0 Å². The van der Waals surface area contributed by atoms with Gasteiger partial charge in [-0.25, -0.2) is 8.42 Å². The second-order valence-electron chi connectivity index (χ2n) is 7.75. The van der Waals surface area contributed by atoms with Crippen molar-refractivity contribution in [3.63, 3.8) is 0 Å². The molecule has 7 heteroatoms. The Morgan fingerprint density at radius 3 is 2.58 bits per heavy atom. The molecule has 1 aromatic rings. The molecule has 1 amide bonds. The number of amides is 1. The zero-order chi connectivity index (χ0) is 17.1. The van der Waals surface area contributed by atoms with Gasteiger partial charge in [0.25, 0.3) is 0 Å². The number of hydrogen-bond acceptors (Lipinski definition) is 5. The van der Waals surface area contributed by atoms with E-state index >= 15 is 0 Å². The SMILES string of the molecule is Cc1ccc(CN2CCN(C(=O)C3(C)CC3)[C@@H]3CS(=O)(=O)C[C@@H]32)o1. The van der Waals surface area contributed by atoms with E-state index in [1.807, 2.05) is 30.9 Å². The highest BCUT2D eigenvalue weighted by atomic mass is 32.2. The lowest BCUT2D eigenvalue weighted by Gasteiger charge is -2.44. The maximum Gasteiger partial charge on any atom is 0.228 e. The molecule has 2 aliphatic heterocycles. The van der Waals surface area contributed by atoms with Crippen LogP contribution in [0.15, 0.2) is 16.5 Å². The number of fused-ring (bicyclic) bond motifs is 1. The summed E-state index contributed by atoms with van der Waals surface area (Å²) < 4.78 is 30.1. The number of sulfone groups is 1. The summed E-state index contributed by atoms with van der Waals surface area (Å²) in [6.45, 7) is 5.79. The van der Waals surface area contributed by atoms with Gasteiger partial charge < -0.3 is 9.32 Å². The first-order valence-corrected chi connectivity index (χ1v) is 10.4. The van der Waals surface area contributed by atoms with Crippen LogP contribution in [0.2, 0.25) is 0 Å². The normalized spacial score (nSPS) is 31.0. The number of furan rings is 1. The molecule has 1 aromatic heterocycles. The molecular formula is C17H24N2O4S. The Morgan fingerprint density at radius 2 is 1.96 bits per heavy atom. The van der Waals surface area contributed by atoms with Gasteiger partial charge in [-0.05, 0) is 31.9 Å². The van der Waals surface area contributed by atoms with Crippen LogP contribution in [0.3, 0.4) is 0 Å². The monoisotopic (exact) mass is 352 g/mol. The van der Waals surface area contributed by atoms with Crippen molar-refractivity contribution in [1.29, 1.82) is 0 Å². The van der Waals surface area contributed by atoms with Crippen LogP contribution in [0.4, 0.5) is 0 Å². The Labute approximate surface area is 142 Å². The first-order valence-electron chi connectivity index (χ1n) is 8.58. The lowest BCUT2D eigenvalue weighted by Crippen LogP contribution is -2.61. The number of piperazine rings is 1. The van der Waals surface area contributed by atoms with Gasteiger partial charge in [-0.15, -0.1) is 0 Å². The van der Waals surface area contributed by atoms with Crippen LogP contribution >= 0.6 is 0 Å². The topological polar surface area (TPSA) is 70.8 Å². The second kappa shape index (κ2) is 5.33. The largest absolute Gasteiger partial charge is 0.465 e. The van der Waals surface area contributed by atoms with Gasteiger partial charge >= 0.3 is 0 Å². The molecule has 24 heavy (non-hydrogen) atoms. The number of carbonyl (C=O) groups is 1. The van der Waals surface area contributed by atoms with E-state index in [-0.39, 0.29) is 34.9 Å². The Hall–Kier alpha value is -1.34.